The third-order valence-corrected chi connectivity index (χ3v) is 2.76. The lowest BCUT2D eigenvalue weighted by Crippen LogP contribution is -2.57. The molecular weight excluding hydrogens is 335 g/mol. The Kier molecular flexibility index (Phi) is 4.89. The molecule has 1 aliphatic heterocycles. The first-order chi connectivity index (χ1) is 10.4. The first-order valence-electron chi connectivity index (χ1n) is 6.89. The Balaban J connectivity index is 0.00000288. The van der Waals surface area contributed by atoms with E-state index in [1.54, 1.807) is 0 Å². The summed E-state index contributed by atoms with van der Waals surface area (Å²) < 4.78 is 82.5. The normalized spacial score (nSPS) is 28.1. The highest BCUT2D eigenvalue weighted by molar-refractivity contribution is 5.85. The van der Waals surface area contributed by atoms with Crippen molar-refractivity contribution in [1.82, 2.24) is 15.3 Å². The van der Waals surface area contributed by atoms with Crippen molar-refractivity contribution in [2.75, 3.05) is 18.4 Å². The molecule has 0 aliphatic carbocycles. The van der Waals surface area contributed by atoms with E-state index in [0.717, 1.165) is 0 Å². The minimum atomic E-state index is -4.56. The number of rotatable bonds is 3. The minimum Gasteiger partial charge on any atom is -0.353 e. The molecule has 1 aromatic rings. The van der Waals surface area contributed by atoms with Gasteiger partial charge in [-0.05, 0) is 6.92 Å². The maximum absolute atomic E-state index is 13.3. The second-order valence-corrected chi connectivity index (χ2v) is 4.39. The number of hydrogen-bond donors (Lipinski definition) is 2. The molecule has 0 spiro atoms. The molecule has 2 atom stereocenters. The van der Waals surface area contributed by atoms with E-state index < -0.39 is 36.5 Å². The van der Waals surface area contributed by atoms with E-state index in [4.69, 9.17) is 2.74 Å². The summed E-state index contributed by atoms with van der Waals surface area (Å²) in [5, 5.41) is 4.64. The Bertz CT molecular complexity index is 560. The van der Waals surface area contributed by atoms with Crippen LogP contribution >= 0.6 is 12.4 Å². The van der Waals surface area contributed by atoms with Gasteiger partial charge in [-0.25, -0.2) is 9.97 Å². The summed E-state index contributed by atoms with van der Waals surface area (Å²) in [4.78, 5) is 6.93. The first kappa shape index (κ1) is 15.6. The number of hydrogen-bond acceptors (Lipinski definition) is 5. The number of aromatic nitrogens is 2. The zero-order valence-corrected chi connectivity index (χ0v) is 11.9. The van der Waals surface area contributed by atoms with Crippen LogP contribution in [0.25, 0.3) is 0 Å². The molecule has 2 heterocycles. The van der Waals surface area contributed by atoms with Crippen LogP contribution in [0.3, 0.4) is 0 Å². The van der Waals surface area contributed by atoms with Gasteiger partial charge in [-0.15, -0.1) is 12.4 Å². The highest BCUT2D eigenvalue weighted by Gasteiger charge is 2.40. The number of halogens is 6. The summed E-state index contributed by atoms with van der Waals surface area (Å²) in [6.07, 6.45) is -8.44. The maximum Gasteiger partial charge on any atom is 0.419 e. The molecule has 11 heteroatoms. The standard InChI is InChI=1S/C11H13F5N4O.ClH/c1-6-8(20-5-10(12,13)21-6)4-19-9-17-2-7(3-18-9)11(14,15)16;/h2-3,6,8,20H,4-5H2,1H3,(H,17,18,19);1H/t6-,8+;/m0./s1/i5D2;. The quantitative estimate of drug-likeness (QED) is 0.819. The molecule has 2 rings (SSSR count). The predicted octanol–water partition coefficient (Wildman–Crippen LogP) is 2.30. The van der Waals surface area contributed by atoms with E-state index in [1.807, 2.05) is 0 Å². The van der Waals surface area contributed by atoms with Gasteiger partial charge >= 0.3 is 12.3 Å². The van der Waals surface area contributed by atoms with E-state index in [0.29, 0.717) is 12.4 Å². The molecule has 0 unspecified atom stereocenters. The van der Waals surface area contributed by atoms with Gasteiger partial charge in [0, 0.05) is 18.9 Å². The van der Waals surface area contributed by atoms with Crippen LogP contribution in [0, 0.1) is 0 Å². The number of alkyl halides is 5. The van der Waals surface area contributed by atoms with Gasteiger partial charge in [-0.1, -0.05) is 0 Å². The van der Waals surface area contributed by atoms with Crippen molar-refractivity contribution in [2.45, 2.75) is 31.4 Å². The Labute approximate surface area is 131 Å². The topological polar surface area (TPSA) is 59.1 Å². The number of nitrogens with one attached hydrogen (secondary N) is 2. The zero-order valence-electron chi connectivity index (χ0n) is 13.1. The SMILES string of the molecule is Cl.[2H]C1([2H])N[C@H](CNc2ncc(C(F)(F)F)cn2)[C@H](C)OC1(F)F. The van der Waals surface area contributed by atoms with Gasteiger partial charge < -0.3 is 15.4 Å². The molecule has 1 aromatic heterocycles. The number of anilines is 1. The molecule has 0 radical (unpaired) electrons. The van der Waals surface area contributed by atoms with Crippen molar-refractivity contribution in [3.63, 3.8) is 0 Å². The summed E-state index contributed by atoms with van der Waals surface area (Å²) in [7, 11) is 0. The van der Waals surface area contributed by atoms with Crippen molar-refractivity contribution in [3.05, 3.63) is 18.0 Å². The molecule has 22 heavy (non-hydrogen) atoms. The molecule has 0 aromatic carbocycles. The van der Waals surface area contributed by atoms with Crippen LogP contribution in [0.5, 0.6) is 0 Å². The molecule has 0 saturated carbocycles. The third-order valence-electron chi connectivity index (χ3n) is 2.76. The van der Waals surface area contributed by atoms with Crippen LogP contribution in [0.15, 0.2) is 12.4 Å². The molecule has 1 fully saturated rings. The smallest absolute Gasteiger partial charge is 0.353 e. The molecule has 5 nitrogen and oxygen atoms in total. The van der Waals surface area contributed by atoms with Gasteiger partial charge in [0.15, 0.2) is 0 Å². The average Bonchev–Trinajstić information content (AvgIpc) is 2.40. The van der Waals surface area contributed by atoms with Gasteiger partial charge in [0.05, 0.1) is 26.9 Å². The van der Waals surface area contributed by atoms with Gasteiger partial charge in [0.2, 0.25) is 5.95 Å². The molecular formula is C11H14ClF5N4O. The summed E-state index contributed by atoms with van der Waals surface area (Å²) >= 11 is 0. The summed E-state index contributed by atoms with van der Waals surface area (Å²) in [6, 6.07) is -0.865. The number of nitrogens with zero attached hydrogens (tertiary/aromatic N) is 2. The lowest BCUT2D eigenvalue weighted by molar-refractivity contribution is -0.278. The van der Waals surface area contributed by atoms with Crippen molar-refractivity contribution < 1.29 is 29.4 Å². The predicted molar refractivity (Wildman–Crippen MR) is 70.1 cm³/mol. The lowest BCUT2D eigenvalue weighted by atomic mass is 10.1. The minimum absolute atomic E-state index is 0. The summed E-state index contributed by atoms with van der Waals surface area (Å²) in [5.74, 6) is -0.148. The molecule has 0 bridgehead atoms. The van der Waals surface area contributed by atoms with Crippen LogP contribution in [0.4, 0.5) is 27.9 Å². The van der Waals surface area contributed by atoms with Crippen molar-refractivity contribution in [3.8, 4) is 0 Å². The van der Waals surface area contributed by atoms with E-state index in [9.17, 15) is 22.0 Å². The molecule has 126 valence electrons. The molecule has 2 N–H and O–H groups in total. The second-order valence-electron chi connectivity index (χ2n) is 4.39. The molecule has 1 aliphatic rings. The Morgan fingerprint density at radius 2 is 2.05 bits per heavy atom. The largest absolute Gasteiger partial charge is 0.419 e. The fourth-order valence-corrected chi connectivity index (χ4v) is 1.62. The lowest BCUT2D eigenvalue weighted by Gasteiger charge is -2.35. The fourth-order valence-electron chi connectivity index (χ4n) is 1.62. The van der Waals surface area contributed by atoms with Gasteiger partial charge in [0.1, 0.15) is 0 Å². The maximum atomic E-state index is 13.3. The van der Waals surface area contributed by atoms with Gasteiger partial charge in [-0.3, -0.25) is 0 Å². The van der Waals surface area contributed by atoms with Crippen LogP contribution < -0.4 is 10.6 Å². The van der Waals surface area contributed by atoms with E-state index in [2.05, 4.69) is 25.3 Å². The number of ether oxygens (including phenoxy) is 1. The second kappa shape index (κ2) is 6.88. The van der Waals surface area contributed by atoms with Crippen molar-refractivity contribution in [2.24, 2.45) is 0 Å². The number of morpholine rings is 1. The average molecular weight is 351 g/mol. The highest BCUT2D eigenvalue weighted by atomic mass is 35.5. The van der Waals surface area contributed by atoms with E-state index in [1.165, 1.54) is 6.92 Å². The molecule has 1 saturated heterocycles. The highest BCUT2D eigenvalue weighted by Crippen LogP contribution is 2.28. The van der Waals surface area contributed by atoms with E-state index in [-0.39, 0.29) is 24.9 Å². The zero-order chi connectivity index (χ0) is 17.5. The van der Waals surface area contributed by atoms with Crippen LogP contribution in [-0.2, 0) is 10.9 Å². The van der Waals surface area contributed by atoms with Gasteiger partial charge in [-0.2, -0.15) is 22.0 Å². The first-order valence-corrected chi connectivity index (χ1v) is 5.89. The van der Waals surface area contributed by atoms with Crippen LogP contribution in [0.2, 0.25) is 0 Å². The summed E-state index contributed by atoms with van der Waals surface area (Å²) in [5.41, 5.74) is -1.02. The Hall–Kier alpha value is -1.26. The fraction of sp³-hybridized carbons (Fsp3) is 0.636. The Morgan fingerprint density at radius 3 is 2.59 bits per heavy atom. The van der Waals surface area contributed by atoms with Crippen molar-refractivity contribution in [1.29, 1.82) is 0 Å². The van der Waals surface area contributed by atoms with Gasteiger partial charge in [0.25, 0.3) is 0 Å². The molecule has 0 amide bonds. The summed E-state index contributed by atoms with van der Waals surface area (Å²) in [6.45, 7) is -1.88. The van der Waals surface area contributed by atoms with Crippen molar-refractivity contribution >= 4 is 18.4 Å². The van der Waals surface area contributed by atoms with Crippen LogP contribution in [-0.4, -0.2) is 41.3 Å². The van der Waals surface area contributed by atoms with E-state index >= 15 is 0 Å². The monoisotopic (exact) mass is 350 g/mol. The third kappa shape index (κ3) is 4.89. The Morgan fingerprint density at radius 1 is 1.45 bits per heavy atom. The van der Waals surface area contributed by atoms with Crippen LogP contribution in [0.1, 0.15) is 15.2 Å².